The van der Waals surface area contributed by atoms with Crippen LogP contribution in [0.25, 0.3) is 0 Å². The van der Waals surface area contributed by atoms with Crippen LogP contribution in [0, 0.1) is 0 Å². The van der Waals surface area contributed by atoms with Crippen molar-refractivity contribution in [2.24, 2.45) is 0 Å². The van der Waals surface area contributed by atoms with Crippen LogP contribution in [-0.4, -0.2) is 8.41 Å². The van der Waals surface area contributed by atoms with E-state index in [1.54, 1.807) is 0 Å². The highest BCUT2D eigenvalue weighted by molar-refractivity contribution is 6.99. The molecule has 0 spiro atoms. The van der Waals surface area contributed by atoms with Crippen LogP contribution in [0.15, 0.2) is 60.7 Å². The Morgan fingerprint density at radius 2 is 1.06 bits per heavy atom. The Bertz CT molecular complexity index is 460. The van der Waals surface area contributed by atoms with E-state index in [-0.39, 0.29) is 5.04 Å². The first-order chi connectivity index (χ1) is 8.46. The van der Waals surface area contributed by atoms with Gasteiger partial charge in [0.15, 0.2) is 0 Å². The molecule has 0 aliphatic carbocycles. The summed E-state index contributed by atoms with van der Waals surface area (Å²) in [6, 6.07) is 19.2. The number of benzene rings is 2. The quantitative estimate of drug-likeness (QED) is 0.571. The van der Waals surface area contributed by atoms with Crippen molar-refractivity contribution in [3.63, 3.8) is 0 Å². The lowest BCUT2D eigenvalue weighted by molar-refractivity contribution is 0.642. The van der Waals surface area contributed by atoms with E-state index in [1.165, 1.54) is 0 Å². The first-order valence-corrected chi connectivity index (χ1v) is 8.14. The van der Waals surface area contributed by atoms with Crippen LogP contribution in [0.2, 0.25) is 5.04 Å². The number of hydrogen-bond acceptors (Lipinski definition) is 0. The molecular weight excluding hydrogens is 239 g/mol. The van der Waals surface area contributed by atoms with E-state index >= 15 is 4.11 Å². The minimum Gasteiger partial charge on any atom is -0.301 e. The van der Waals surface area contributed by atoms with Gasteiger partial charge in [-0.15, -0.1) is 0 Å². The second-order valence-electron chi connectivity index (χ2n) is 5.64. The van der Waals surface area contributed by atoms with Gasteiger partial charge in [-0.1, -0.05) is 81.4 Å². The summed E-state index contributed by atoms with van der Waals surface area (Å²) in [7, 11) is -3.20. The van der Waals surface area contributed by atoms with Gasteiger partial charge in [-0.2, -0.15) is 0 Å². The van der Waals surface area contributed by atoms with Gasteiger partial charge in [0.05, 0.1) is 0 Å². The van der Waals surface area contributed by atoms with Crippen molar-refractivity contribution < 1.29 is 4.11 Å². The zero-order chi connectivity index (χ0) is 13.2. The van der Waals surface area contributed by atoms with Crippen LogP contribution in [0.1, 0.15) is 20.8 Å². The molecule has 0 aliphatic heterocycles. The molecule has 0 heterocycles. The average Bonchev–Trinajstić information content (AvgIpc) is 2.38. The minimum atomic E-state index is -3.20. The molecule has 0 aromatic heterocycles. The smallest absolute Gasteiger partial charge is 0.301 e. The second-order valence-corrected chi connectivity index (χ2v) is 9.61. The fourth-order valence-electron chi connectivity index (χ4n) is 2.37. The van der Waals surface area contributed by atoms with E-state index < -0.39 is 8.41 Å². The zero-order valence-corrected chi connectivity index (χ0v) is 12.2. The van der Waals surface area contributed by atoms with Gasteiger partial charge in [0.2, 0.25) is 0 Å². The first kappa shape index (κ1) is 13.0. The predicted octanol–water partition coefficient (Wildman–Crippen LogP) is 3.52. The van der Waals surface area contributed by atoms with E-state index in [2.05, 4.69) is 0 Å². The van der Waals surface area contributed by atoms with E-state index in [4.69, 9.17) is 0 Å². The number of halogens is 1. The molecule has 0 saturated carbocycles. The molecule has 18 heavy (non-hydrogen) atoms. The van der Waals surface area contributed by atoms with Crippen molar-refractivity contribution in [1.82, 2.24) is 0 Å². The van der Waals surface area contributed by atoms with Gasteiger partial charge in [0, 0.05) is 0 Å². The monoisotopic (exact) mass is 258 g/mol. The van der Waals surface area contributed by atoms with Crippen molar-refractivity contribution >= 4 is 18.8 Å². The third-order valence-corrected chi connectivity index (χ3v) is 7.70. The minimum absolute atomic E-state index is 0.365. The van der Waals surface area contributed by atoms with Crippen molar-refractivity contribution in [3.8, 4) is 0 Å². The molecule has 0 bridgehead atoms. The van der Waals surface area contributed by atoms with Crippen LogP contribution in [0.3, 0.4) is 0 Å². The molecule has 0 unspecified atom stereocenters. The average molecular weight is 258 g/mol. The highest BCUT2D eigenvalue weighted by Crippen LogP contribution is 2.36. The summed E-state index contributed by atoms with van der Waals surface area (Å²) >= 11 is 0. The lowest BCUT2D eigenvalue weighted by atomic mass is 10.2. The molecule has 0 fully saturated rings. The van der Waals surface area contributed by atoms with Gasteiger partial charge in [-0.3, -0.25) is 0 Å². The lowest BCUT2D eigenvalue weighted by Gasteiger charge is -2.35. The van der Waals surface area contributed by atoms with E-state index in [9.17, 15) is 0 Å². The normalized spacial score (nSPS) is 12.4. The van der Waals surface area contributed by atoms with Gasteiger partial charge in [0.1, 0.15) is 0 Å². The van der Waals surface area contributed by atoms with E-state index in [1.807, 2.05) is 81.4 Å². The Hall–Kier alpha value is -1.41. The summed E-state index contributed by atoms with van der Waals surface area (Å²) in [5.41, 5.74) is 0. The maximum Gasteiger partial charge on any atom is 0.313 e. The van der Waals surface area contributed by atoms with Gasteiger partial charge in [-0.05, 0) is 15.4 Å². The summed E-state index contributed by atoms with van der Waals surface area (Å²) in [5.74, 6) is 0. The van der Waals surface area contributed by atoms with Crippen LogP contribution in [-0.2, 0) is 0 Å². The van der Waals surface area contributed by atoms with Crippen LogP contribution < -0.4 is 10.4 Å². The molecule has 2 aromatic rings. The Kier molecular flexibility index (Phi) is 3.40. The molecule has 94 valence electrons. The maximum absolute atomic E-state index is 15.9. The summed E-state index contributed by atoms with van der Waals surface area (Å²) < 4.78 is 15.9. The zero-order valence-electron chi connectivity index (χ0n) is 11.2. The number of hydrogen-bond donors (Lipinski definition) is 0. The van der Waals surface area contributed by atoms with Crippen LogP contribution in [0.4, 0.5) is 4.11 Å². The van der Waals surface area contributed by atoms with Crippen molar-refractivity contribution in [2.45, 2.75) is 25.8 Å². The van der Waals surface area contributed by atoms with E-state index in [0.29, 0.717) is 0 Å². The molecular formula is C16H19FSi. The molecule has 2 rings (SSSR count). The lowest BCUT2D eigenvalue weighted by Crippen LogP contribution is -2.60. The summed E-state index contributed by atoms with van der Waals surface area (Å²) in [4.78, 5) is 0. The molecule has 0 saturated heterocycles. The number of rotatable bonds is 2. The Labute approximate surface area is 110 Å². The molecule has 0 aliphatic rings. The van der Waals surface area contributed by atoms with E-state index in [0.717, 1.165) is 10.4 Å². The third kappa shape index (κ3) is 2.13. The van der Waals surface area contributed by atoms with Crippen LogP contribution in [0.5, 0.6) is 0 Å². The van der Waals surface area contributed by atoms with Gasteiger partial charge >= 0.3 is 8.41 Å². The predicted molar refractivity (Wildman–Crippen MR) is 78.7 cm³/mol. The fourth-order valence-corrected chi connectivity index (χ4v) is 5.74. The molecule has 0 nitrogen and oxygen atoms in total. The highest BCUT2D eigenvalue weighted by atomic mass is 28.4. The third-order valence-electron chi connectivity index (χ3n) is 3.38. The maximum atomic E-state index is 15.9. The van der Waals surface area contributed by atoms with Gasteiger partial charge in [0.25, 0.3) is 0 Å². The Morgan fingerprint density at radius 3 is 1.33 bits per heavy atom. The standard InChI is InChI=1S/C16H19FSi/c1-16(2,3)18(17,14-10-6-4-7-11-14)15-12-8-5-9-13-15/h4-13H,1-3H3. The van der Waals surface area contributed by atoms with Gasteiger partial charge < -0.3 is 4.11 Å². The second kappa shape index (κ2) is 4.69. The van der Waals surface area contributed by atoms with Crippen molar-refractivity contribution in [3.05, 3.63) is 60.7 Å². The molecule has 0 atom stereocenters. The Balaban J connectivity index is 2.63. The topological polar surface area (TPSA) is 0 Å². The summed E-state index contributed by atoms with van der Waals surface area (Å²) in [5, 5.41) is 1.34. The summed E-state index contributed by atoms with van der Waals surface area (Å²) in [6.45, 7) is 6.00. The molecule has 0 amide bonds. The van der Waals surface area contributed by atoms with Crippen molar-refractivity contribution in [2.75, 3.05) is 0 Å². The molecule has 0 N–H and O–H groups in total. The summed E-state index contributed by atoms with van der Waals surface area (Å²) in [6.07, 6.45) is 0. The van der Waals surface area contributed by atoms with Crippen LogP contribution >= 0.6 is 0 Å². The highest BCUT2D eigenvalue weighted by Gasteiger charge is 2.49. The Morgan fingerprint density at radius 1 is 0.722 bits per heavy atom. The largest absolute Gasteiger partial charge is 0.313 e. The first-order valence-electron chi connectivity index (χ1n) is 6.26. The van der Waals surface area contributed by atoms with Crippen molar-refractivity contribution in [1.29, 1.82) is 0 Å². The SMILES string of the molecule is CC(C)(C)[Si](F)(c1ccccc1)c1ccccc1. The fraction of sp³-hybridized carbons (Fsp3) is 0.250. The van der Waals surface area contributed by atoms with Gasteiger partial charge in [-0.25, -0.2) is 0 Å². The molecule has 2 aromatic carbocycles. The molecule has 2 heteroatoms. The molecule has 0 radical (unpaired) electrons.